The molecule has 2 aromatic carbocycles. The van der Waals surface area contributed by atoms with Crippen LogP contribution in [0.4, 0.5) is 5.69 Å². The van der Waals surface area contributed by atoms with Crippen molar-refractivity contribution in [3.63, 3.8) is 0 Å². The molecule has 1 N–H and O–H groups in total. The highest BCUT2D eigenvalue weighted by atomic mass is 35.5. The molecule has 29 heavy (non-hydrogen) atoms. The van der Waals surface area contributed by atoms with Gasteiger partial charge >= 0.3 is 5.97 Å². The summed E-state index contributed by atoms with van der Waals surface area (Å²) in [7, 11) is 0. The van der Waals surface area contributed by atoms with Crippen molar-refractivity contribution >= 4 is 29.1 Å². The molecule has 0 bridgehead atoms. The highest BCUT2D eigenvalue weighted by Crippen LogP contribution is 2.39. The van der Waals surface area contributed by atoms with E-state index in [1.54, 1.807) is 0 Å². The monoisotopic (exact) mass is 413 g/mol. The van der Waals surface area contributed by atoms with Gasteiger partial charge in [-0.1, -0.05) is 30.7 Å². The number of nitrogens with zero attached hydrogens (tertiary/aromatic N) is 2. The van der Waals surface area contributed by atoms with E-state index in [1.807, 2.05) is 56.3 Å². The zero-order chi connectivity index (χ0) is 20.4. The number of carbonyl (C=O) groups excluding carboxylic acids is 1. The highest BCUT2D eigenvalue weighted by molar-refractivity contribution is 6.31. The molecule has 0 amide bonds. The molecule has 0 saturated carbocycles. The molecule has 0 spiro atoms. The zero-order valence-corrected chi connectivity index (χ0v) is 17.3. The minimum absolute atomic E-state index is 0.0347. The van der Waals surface area contributed by atoms with Gasteiger partial charge in [0.25, 0.3) is 0 Å². The number of aliphatic imine (C=N–C) groups is 1. The number of fused-ring (bicyclic) bond motifs is 2. The van der Waals surface area contributed by atoms with Crippen molar-refractivity contribution in [1.29, 1.82) is 0 Å². The van der Waals surface area contributed by atoms with Gasteiger partial charge in [-0.25, -0.2) is 4.99 Å². The standard InChI is InChI=1S/C22H24ClN3O3/c1-3-28-22(27)14(2)18-13-26(11-10-24-18)21-16-12-15(23)8-9-19(16)29-20-7-5-4-6-17(20)25-21/h4-9,12,14,18,24H,3,10-11,13H2,1-2H3. The average Bonchev–Trinajstić information content (AvgIpc) is 2.90. The molecule has 2 aromatic rings. The summed E-state index contributed by atoms with van der Waals surface area (Å²) < 4.78 is 11.3. The Hall–Kier alpha value is -2.57. The quantitative estimate of drug-likeness (QED) is 0.770. The second-order valence-corrected chi connectivity index (χ2v) is 7.63. The van der Waals surface area contributed by atoms with Crippen molar-refractivity contribution in [1.82, 2.24) is 10.2 Å². The summed E-state index contributed by atoms with van der Waals surface area (Å²) in [6, 6.07) is 13.2. The minimum Gasteiger partial charge on any atom is -0.466 e. The Morgan fingerprint density at radius 3 is 3.00 bits per heavy atom. The molecule has 2 atom stereocenters. The van der Waals surface area contributed by atoms with E-state index in [0.717, 1.165) is 30.2 Å². The lowest BCUT2D eigenvalue weighted by atomic mass is 9.99. The first-order valence-corrected chi connectivity index (χ1v) is 10.2. The van der Waals surface area contributed by atoms with E-state index < -0.39 is 0 Å². The summed E-state index contributed by atoms with van der Waals surface area (Å²) in [6.45, 7) is 6.24. The van der Waals surface area contributed by atoms with Crippen LogP contribution in [0.5, 0.6) is 11.5 Å². The lowest BCUT2D eigenvalue weighted by Gasteiger charge is -2.37. The Morgan fingerprint density at radius 1 is 1.34 bits per heavy atom. The van der Waals surface area contributed by atoms with Gasteiger partial charge in [0.1, 0.15) is 17.3 Å². The molecule has 0 aromatic heterocycles. The number of halogens is 1. The fourth-order valence-electron chi connectivity index (χ4n) is 3.68. The van der Waals surface area contributed by atoms with Gasteiger partial charge in [0.2, 0.25) is 0 Å². The van der Waals surface area contributed by atoms with Crippen molar-refractivity contribution < 1.29 is 14.3 Å². The number of amidine groups is 1. The third kappa shape index (κ3) is 4.09. The van der Waals surface area contributed by atoms with E-state index in [0.29, 0.717) is 29.7 Å². The molecule has 2 aliphatic rings. The van der Waals surface area contributed by atoms with E-state index >= 15 is 0 Å². The third-order valence-corrected chi connectivity index (χ3v) is 5.50. The number of nitrogens with one attached hydrogen (secondary N) is 1. The van der Waals surface area contributed by atoms with E-state index in [2.05, 4.69) is 10.2 Å². The zero-order valence-electron chi connectivity index (χ0n) is 16.5. The number of ether oxygens (including phenoxy) is 2. The fraction of sp³-hybridized carbons (Fsp3) is 0.364. The Labute approximate surface area is 175 Å². The molecule has 6 nitrogen and oxygen atoms in total. The predicted molar refractivity (Wildman–Crippen MR) is 113 cm³/mol. The molecule has 1 saturated heterocycles. The Morgan fingerprint density at radius 2 is 2.17 bits per heavy atom. The lowest BCUT2D eigenvalue weighted by Crippen LogP contribution is -2.56. The molecule has 152 valence electrons. The van der Waals surface area contributed by atoms with Gasteiger partial charge in [-0.3, -0.25) is 4.79 Å². The van der Waals surface area contributed by atoms with Crippen LogP contribution >= 0.6 is 11.6 Å². The first kappa shape index (κ1) is 19.7. The Bertz CT molecular complexity index is 947. The Balaban J connectivity index is 1.70. The first-order chi connectivity index (χ1) is 14.1. The van der Waals surface area contributed by atoms with Gasteiger partial charge in [0.15, 0.2) is 5.75 Å². The van der Waals surface area contributed by atoms with Crippen molar-refractivity contribution in [2.45, 2.75) is 19.9 Å². The van der Waals surface area contributed by atoms with Crippen molar-refractivity contribution in [2.75, 3.05) is 26.2 Å². The summed E-state index contributed by atoms with van der Waals surface area (Å²) in [4.78, 5) is 19.4. The topological polar surface area (TPSA) is 63.2 Å². The summed E-state index contributed by atoms with van der Waals surface area (Å²) in [5, 5.41) is 4.07. The number of rotatable bonds is 3. The van der Waals surface area contributed by atoms with Gasteiger partial charge in [-0.05, 0) is 37.3 Å². The van der Waals surface area contributed by atoms with Crippen LogP contribution in [0.3, 0.4) is 0 Å². The largest absolute Gasteiger partial charge is 0.466 e. The van der Waals surface area contributed by atoms with E-state index in [-0.39, 0.29) is 17.9 Å². The molecular formula is C22H24ClN3O3. The van der Waals surface area contributed by atoms with Crippen LogP contribution in [0.2, 0.25) is 5.02 Å². The number of esters is 1. The smallest absolute Gasteiger partial charge is 0.310 e. The summed E-state index contributed by atoms with van der Waals surface area (Å²) in [5.74, 6) is 1.78. The lowest BCUT2D eigenvalue weighted by molar-refractivity contribution is -0.148. The molecule has 2 aliphatic heterocycles. The highest BCUT2D eigenvalue weighted by Gasteiger charge is 2.32. The summed E-state index contributed by atoms with van der Waals surface area (Å²) in [5.41, 5.74) is 1.61. The van der Waals surface area contributed by atoms with Crippen LogP contribution in [-0.4, -0.2) is 49.0 Å². The maximum Gasteiger partial charge on any atom is 0.310 e. The van der Waals surface area contributed by atoms with E-state index in [1.165, 1.54) is 0 Å². The van der Waals surface area contributed by atoms with Crippen molar-refractivity contribution in [2.24, 2.45) is 10.9 Å². The normalized spacial score (nSPS) is 19.2. The molecule has 7 heteroatoms. The molecule has 2 heterocycles. The maximum absolute atomic E-state index is 12.2. The number of hydrogen-bond donors (Lipinski definition) is 1. The molecule has 0 aliphatic carbocycles. The second-order valence-electron chi connectivity index (χ2n) is 7.19. The van der Waals surface area contributed by atoms with Crippen LogP contribution in [-0.2, 0) is 9.53 Å². The van der Waals surface area contributed by atoms with E-state index in [4.69, 9.17) is 26.1 Å². The molecule has 0 radical (unpaired) electrons. The number of para-hydroxylation sites is 2. The third-order valence-electron chi connectivity index (χ3n) is 5.26. The van der Waals surface area contributed by atoms with Crippen LogP contribution in [0.25, 0.3) is 0 Å². The number of benzene rings is 2. The van der Waals surface area contributed by atoms with Crippen molar-refractivity contribution in [3.05, 3.63) is 53.1 Å². The maximum atomic E-state index is 12.2. The predicted octanol–water partition coefficient (Wildman–Crippen LogP) is 4.00. The first-order valence-electron chi connectivity index (χ1n) is 9.87. The number of piperazine rings is 1. The van der Waals surface area contributed by atoms with E-state index in [9.17, 15) is 4.79 Å². The van der Waals surface area contributed by atoms with Crippen LogP contribution in [0.1, 0.15) is 19.4 Å². The number of hydrogen-bond acceptors (Lipinski definition) is 6. The van der Waals surface area contributed by atoms with Crippen molar-refractivity contribution in [3.8, 4) is 11.5 Å². The fourth-order valence-corrected chi connectivity index (χ4v) is 3.85. The summed E-state index contributed by atoms with van der Waals surface area (Å²) >= 11 is 6.30. The molecule has 4 rings (SSSR count). The SMILES string of the molecule is CCOC(=O)C(C)C1CN(C2=Nc3ccccc3Oc3ccc(Cl)cc32)CCN1. The second kappa shape index (κ2) is 8.43. The number of carbonyl (C=O) groups is 1. The average molecular weight is 414 g/mol. The Kier molecular flexibility index (Phi) is 5.74. The van der Waals surface area contributed by atoms with Crippen LogP contribution in [0.15, 0.2) is 47.5 Å². The van der Waals surface area contributed by atoms with Gasteiger partial charge in [-0.2, -0.15) is 0 Å². The van der Waals surface area contributed by atoms with Crippen LogP contribution in [0, 0.1) is 5.92 Å². The van der Waals surface area contributed by atoms with Gasteiger partial charge in [0.05, 0.1) is 18.1 Å². The summed E-state index contributed by atoms with van der Waals surface area (Å²) in [6.07, 6.45) is 0. The molecule has 1 fully saturated rings. The molecule has 2 unspecified atom stereocenters. The van der Waals surface area contributed by atoms with Gasteiger partial charge in [-0.15, -0.1) is 0 Å². The van der Waals surface area contributed by atoms with Crippen LogP contribution < -0.4 is 10.1 Å². The minimum atomic E-state index is -0.258. The van der Waals surface area contributed by atoms with Gasteiger partial charge < -0.3 is 19.7 Å². The van der Waals surface area contributed by atoms with Gasteiger partial charge in [0, 0.05) is 30.7 Å². The molecular weight excluding hydrogens is 390 g/mol.